The first-order valence-corrected chi connectivity index (χ1v) is 9.27. The molecule has 0 saturated carbocycles. The van der Waals surface area contributed by atoms with Gasteiger partial charge >= 0.3 is 0 Å². The van der Waals surface area contributed by atoms with Gasteiger partial charge in [-0.05, 0) is 23.8 Å². The second kappa shape index (κ2) is 6.51. The number of aromatic nitrogens is 3. The summed E-state index contributed by atoms with van der Waals surface area (Å²) in [6.07, 6.45) is 4.77. The summed E-state index contributed by atoms with van der Waals surface area (Å²) in [5, 5.41) is 5.47. The number of anilines is 1. The molecule has 0 spiro atoms. The highest BCUT2D eigenvalue weighted by Crippen LogP contribution is 2.32. The number of carbonyl (C=O) groups excluding carboxylic acids is 1. The van der Waals surface area contributed by atoms with Crippen LogP contribution in [-0.2, 0) is 15.8 Å². The first-order valence-electron chi connectivity index (χ1n) is 8.12. The molecular formula is C18H17N5O3S. The molecule has 3 aromatic rings. The highest BCUT2D eigenvalue weighted by molar-refractivity contribution is 7.93. The number of nitrogens with one attached hydrogen (secondary N) is 1. The summed E-state index contributed by atoms with van der Waals surface area (Å²) in [7, 11) is 3.84. The van der Waals surface area contributed by atoms with Gasteiger partial charge in [-0.25, -0.2) is 13.9 Å². The van der Waals surface area contributed by atoms with Gasteiger partial charge in [-0.2, -0.15) is 5.10 Å². The van der Waals surface area contributed by atoms with Crippen LogP contribution in [0.5, 0.6) is 5.75 Å². The maximum atomic E-state index is 12.0. The van der Waals surface area contributed by atoms with Gasteiger partial charge in [-0.1, -0.05) is 6.07 Å². The molecule has 9 heteroatoms. The van der Waals surface area contributed by atoms with E-state index in [1.165, 1.54) is 10.8 Å². The van der Waals surface area contributed by atoms with Gasteiger partial charge < -0.3 is 9.64 Å². The first-order chi connectivity index (χ1) is 13.0. The number of hydrogen-bond acceptors (Lipinski definition) is 6. The van der Waals surface area contributed by atoms with E-state index < -0.39 is 11.0 Å². The van der Waals surface area contributed by atoms with E-state index in [9.17, 15) is 9.00 Å². The molecular weight excluding hydrogens is 366 g/mol. The summed E-state index contributed by atoms with van der Waals surface area (Å²) in [5.41, 5.74) is 2.63. The Balaban J connectivity index is 1.76. The van der Waals surface area contributed by atoms with Crippen LogP contribution in [0.25, 0.3) is 27.1 Å². The lowest BCUT2D eigenvalue weighted by molar-refractivity contribution is -0.114. The Labute approximate surface area is 158 Å². The number of rotatable bonds is 4. The molecule has 1 unspecified atom stereocenters. The monoisotopic (exact) mass is 383 g/mol. The molecule has 2 aromatic heterocycles. The average Bonchev–Trinajstić information content (AvgIpc) is 3.22. The fraction of sp³-hybridized carbons (Fsp3) is 0.167. The molecule has 1 amide bonds. The number of pyridine rings is 1. The Bertz CT molecular complexity index is 1120. The fourth-order valence-electron chi connectivity index (χ4n) is 2.95. The molecule has 3 heterocycles. The highest BCUT2D eigenvalue weighted by Gasteiger charge is 2.23. The maximum absolute atomic E-state index is 12.0. The van der Waals surface area contributed by atoms with Gasteiger partial charge in [-0.15, -0.1) is 0 Å². The van der Waals surface area contributed by atoms with Crippen LogP contribution >= 0.6 is 0 Å². The van der Waals surface area contributed by atoms with E-state index in [0.717, 1.165) is 27.8 Å². The van der Waals surface area contributed by atoms with Crippen LogP contribution in [0.1, 0.15) is 0 Å². The van der Waals surface area contributed by atoms with Crippen LogP contribution in [0.4, 0.5) is 5.82 Å². The highest BCUT2D eigenvalue weighted by atomic mass is 32.2. The third kappa shape index (κ3) is 2.95. The van der Waals surface area contributed by atoms with Crippen LogP contribution in [0.3, 0.4) is 0 Å². The quantitative estimate of drug-likeness (QED) is 0.739. The Kier molecular flexibility index (Phi) is 4.15. The topological polar surface area (TPSA) is 89.3 Å². The molecule has 138 valence electrons. The lowest BCUT2D eigenvalue weighted by atomic mass is 10.1. The average molecular weight is 383 g/mol. The summed E-state index contributed by atoms with van der Waals surface area (Å²) in [6, 6.07) is 7.72. The molecule has 0 aliphatic carbocycles. The van der Waals surface area contributed by atoms with Crippen molar-refractivity contribution < 1.29 is 13.7 Å². The van der Waals surface area contributed by atoms with Crippen molar-refractivity contribution in [2.24, 2.45) is 0 Å². The minimum Gasteiger partial charge on any atom is -0.493 e. The lowest BCUT2D eigenvalue weighted by Gasteiger charge is -2.16. The number of methoxy groups -OCH3 is 1. The molecule has 1 aliphatic heterocycles. The van der Waals surface area contributed by atoms with E-state index in [2.05, 4.69) is 14.8 Å². The molecule has 1 N–H and O–H groups in total. The number of benzene rings is 1. The molecule has 0 saturated heterocycles. The van der Waals surface area contributed by atoms with Gasteiger partial charge in [0.25, 0.3) is 5.91 Å². The number of amides is 1. The number of hydrogen-bond donors (Lipinski definition) is 1. The van der Waals surface area contributed by atoms with Gasteiger partial charge in [0, 0.05) is 37.3 Å². The van der Waals surface area contributed by atoms with Crippen LogP contribution in [-0.4, -0.2) is 46.1 Å². The largest absolute Gasteiger partial charge is 0.493 e. The van der Waals surface area contributed by atoms with E-state index in [1.54, 1.807) is 19.5 Å². The van der Waals surface area contributed by atoms with Crippen LogP contribution in [0.2, 0.25) is 0 Å². The summed E-state index contributed by atoms with van der Waals surface area (Å²) in [6.45, 7) is 0. The van der Waals surface area contributed by atoms with Crippen molar-refractivity contribution in [2.75, 3.05) is 26.1 Å². The van der Waals surface area contributed by atoms with Crippen molar-refractivity contribution in [3.05, 3.63) is 42.7 Å². The SMILES string of the molecule is COc1cc(-c2ccc3c(cnn3C3=CC(=O)NS3=O)c2)cnc1N(C)C. The molecule has 1 atom stereocenters. The number of nitrogens with zero attached hydrogens (tertiary/aromatic N) is 4. The molecule has 1 aliphatic rings. The van der Waals surface area contributed by atoms with Crippen molar-refractivity contribution >= 4 is 38.6 Å². The Hall–Kier alpha value is -3.20. The molecule has 8 nitrogen and oxygen atoms in total. The summed E-state index contributed by atoms with van der Waals surface area (Å²) in [5.74, 6) is 1.05. The van der Waals surface area contributed by atoms with Gasteiger partial charge in [0.15, 0.2) is 27.6 Å². The van der Waals surface area contributed by atoms with Crippen molar-refractivity contribution in [1.29, 1.82) is 0 Å². The number of ether oxygens (including phenoxy) is 1. The predicted octanol–water partition coefficient (Wildman–Crippen LogP) is 1.76. The zero-order valence-corrected chi connectivity index (χ0v) is 15.8. The van der Waals surface area contributed by atoms with Crippen LogP contribution in [0.15, 0.2) is 42.7 Å². The van der Waals surface area contributed by atoms with E-state index in [4.69, 9.17) is 4.74 Å². The lowest BCUT2D eigenvalue weighted by Crippen LogP contribution is -2.17. The molecule has 0 radical (unpaired) electrons. The van der Waals surface area contributed by atoms with Gasteiger partial charge in [0.05, 0.1) is 18.8 Å². The molecule has 0 bridgehead atoms. The summed E-state index contributed by atoms with van der Waals surface area (Å²) < 4.78 is 21.3. The molecule has 1 aromatic carbocycles. The smallest absolute Gasteiger partial charge is 0.258 e. The van der Waals surface area contributed by atoms with Crippen LogP contribution in [0, 0.1) is 0 Å². The third-order valence-corrected chi connectivity index (χ3v) is 5.28. The molecule has 4 rings (SSSR count). The van der Waals surface area contributed by atoms with Gasteiger partial charge in [0.1, 0.15) is 0 Å². The van der Waals surface area contributed by atoms with Crippen molar-refractivity contribution in [1.82, 2.24) is 19.5 Å². The summed E-state index contributed by atoms with van der Waals surface area (Å²) >= 11 is 0. The number of fused-ring (bicyclic) bond motifs is 1. The molecule has 27 heavy (non-hydrogen) atoms. The Morgan fingerprint density at radius 2 is 2.00 bits per heavy atom. The first kappa shape index (κ1) is 17.2. The second-order valence-electron chi connectivity index (χ2n) is 6.19. The zero-order valence-electron chi connectivity index (χ0n) is 15.0. The second-order valence-corrected chi connectivity index (χ2v) is 7.35. The van der Waals surface area contributed by atoms with E-state index in [0.29, 0.717) is 10.8 Å². The normalized spacial score (nSPS) is 16.3. The summed E-state index contributed by atoms with van der Waals surface area (Å²) in [4.78, 5) is 17.8. The Morgan fingerprint density at radius 3 is 2.67 bits per heavy atom. The van der Waals surface area contributed by atoms with E-state index in [1.807, 2.05) is 43.3 Å². The van der Waals surface area contributed by atoms with E-state index >= 15 is 0 Å². The zero-order chi connectivity index (χ0) is 19.1. The number of carbonyl (C=O) groups is 1. The minimum atomic E-state index is -1.60. The Morgan fingerprint density at radius 1 is 1.19 bits per heavy atom. The van der Waals surface area contributed by atoms with Crippen molar-refractivity contribution in [3.63, 3.8) is 0 Å². The van der Waals surface area contributed by atoms with Crippen molar-refractivity contribution in [2.45, 2.75) is 0 Å². The minimum absolute atomic E-state index is 0.321. The maximum Gasteiger partial charge on any atom is 0.258 e. The van der Waals surface area contributed by atoms with Gasteiger partial charge in [-0.3, -0.25) is 9.52 Å². The van der Waals surface area contributed by atoms with Crippen LogP contribution < -0.4 is 14.4 Å². The van der Waals surface area contributed by atoms with Crippen molar-refractivity contribution in [3.8, 4) is 16.9 Å². The third-order valence-electron chi connectivity index (χ3n) is 4.22. The van der Waals surface area contributed by atoms with E-state index in [-0.39, 0.29) is 5.91 Å². The predicted molar refractivity (Wildman–Crippen MR) is 104 cm³/mol. The standard InChI is InChI=1S/C18H17N5O3S/c1-22(2)18-15(26-3)7-12(9-19-18)11-4-5-14-13(6-11)10-20-23(14)17-8-16(24)21-27(17)25/h4-10H,1-3H3,(H,21,24). The van der Waals surface area contributed by atoms with Gasteiger partial charge in [0.2, 0.25) is 0 Å². The fourth-order valence-corrected chi connectivity index (χ4v) is 3.81. The molecule has 0 fully saturated rings.